The molecular weight excluding hydrogens is 344 g/mol. The van der Waals surface area contributed by atoms with Gasteiger partial charge in [0.2, 0.25) is 5.91 Å². The Hall–Kier alpha value is -2.66. The van der Waals surface area contributed by atoms with Gasteiger partial charge in [-0.15, -0.1) is 11.3 Å². The molecule has 0 fully saturated rings. The number of nitrogens with one attached hydrogen (secondary N) is 1. The Bertz CT molecular complexity index is 844. The first-order valence-corrected chi connectivity index (χ1v) is 9.45. The first-order chi connectivity index (χ1) is 12.6. The van der Waals surface area contributed by atoms with Crippen molar-refractivity contribution in [1.29, 1.82) is 0 Å². The van der Waals surface area contributed by atoms with Gasteiger partial charge in [0.25, 0.3) is 0 Å². The van der Waals surface area contributed by atoms with Crippen molar-refractivity contribution in [2.45, 2.75) is 32.9 Å². The molecule has 0 bridgehead atoms. The molecule has 2 aromatic carbocycles. The molecule has 5 heteroatoms. The van der Waals surface area contributed by atoms with Crippen molar-refractivity contribution in [3.8, 4) is 5.75 Å². The number of amides is 1. The molecule has 0 radical (unpaired) electrons. The molecule has 4 nitrogen and oxygen atoms in total. The molecule has 26 heavy (non-hydrogen) atoms. The Morgan fingerprint density at radius 3 is 2.62 bits per heavy atom. The van der Waals surface area contributed by atoms with Crippen LogP contribution in [0.15, 0.2) is 60.0 Å². The van der Waals surface area contributed by atoms with Gasteiger partial charge in [0.1, 0.15) is 17.4 Å². The zero-order chi connectivity index (χ0) is 18.4. The molecule has 134 valence electrons. The van der Waals surface area contributed by atoms with E-state index in [0.717, 1.165) is 22.0 Å². The minimum absolute atomic E-state index is 0.0216. The van der Waals surface area contributed by atoms with Crippen molar-refractivity contribution >= 4 is 17.2 Å². The largest absolute Gasteiger partial charge is 0.486 e. The second-order valence-corrected chi connectivity index (χ2v) is 7.15. The third kappa shape index (κ3) is 5.17. The Morgan fingerprint density at radius 2 is 1.88 bits per heavy atom. The van der Waals surface area contributed by atoms with Gasteiger partial charge in [-0.3, -0.25) is 4.79 Å². The van der Waals surface area contributed by atoms with Crippen LogP contribution in [-0.4, -0.2) is 10.9 Å². The smallest absolute Gasteiger partial charge is 0.226 e. The van der Waals surface area contributed by atoms with Crippen LogP contribution in [-0.2, 0) is 17.8 Å². The lowest BCUT2D eigenvalue weighted by Gasteiger charge is -2.13. The van der Waals surface area contributed by atoms with Crippen LogP contribution in [0.5, 0.6) is 5.75 Å². The maximum absolute atomic E-state index is 12.2. The molecule has 0 saturated heterocycles. The van der Waals surface area contributed by atoms with E-state index in [1.807, 2.05) is 73.8 Å². The highest BCUT2D eigenvalue weighted by Gasteiger charge is 2.12. The summed E-state index contributed by atoms with van der Waals surface area (Å²) < 4.78 is 5.74. The first kappa shape index (κ1) is 18.1. The van der Waals surface area contributed by atoms with Gasteiger partial charge in [-0.05, 0) is 31.5 Å². The Balaban J connectivity index is 1.49. The third-order valence-corrected chi connectivity index (χ3v) is 4.87. The van der Waals surface area contributed by atoms with E-state index in [4.69, 9.17) is 4.74 Å². The molecular formula is C21H22N2O2S. The lowest BCUT2D eigenvalue weighted by Crippen LogP contribution is -2.28. The quantitative estimate of drug-likeness (QED) is 0.672. The van der Waals surface area contributed by atoms with E-state index in [2.05, 4.69) is 10.3 Å². The molecule has 0 aliphatic carbocycles. The summed E-state index contributed by atoms with van der Waals surface area (Å²) >= 11 is 1.51. The predicted octanol–water partition coefficient (Wildman–Crippen LogP) is 4.45. The first-order valence-electron chi connectivity index (χ1n) is 8.57. The van der Waals surface area contributed by atoms with Crippen LogP contribution < -0.4 is 10.1 Å². The molecule has 1 amide bonds. The van der Waals surface area contributed by atoms with Gasteiger partial charge in [-0.2, -0.15) is 0 Å². The molecule has 1 heterocycles. The topological polar surface area (TPSA) is 51.2 Å². The van der Waals surface area contributed by atoms with Gasteiger partial charge in [-0.25, -0.2) is 4.98 Å². The zero-order valence-electron chi connectivity index (χ0n) is 14.9. The molecule has 1 aromatic heterocycles. The lowest BCUT2D eigenvalue weighted by atomic mass is 10.1. The summed E-state index contributed by atoms with van der Waals surface area (Å²) in [6.07, 6.45) is 0.276. The fraction of sp³-hybridized carbons (Fsp3) is 0.238. The summed E-state index contributed by atoms with van der Waals surface area (Å²) in [4.78, 5) is 16.7. The number of aromatic nitrogens is 1. The van der Waals surface area contributed by atoms with Crippen LogP contribution in [0.4, 0.5) is 0 Å². The number of carbonyl (C=O) groups excluding carboxylic acids is 1. The van der Waals surface area contributed by atoms with E-state index < -0.39 is 0 Å². The van der Waals surface area contributed by atoms with Crippen LogP contribution in [0.25, 0.3) is 0 Å². The number of nitrogens with zero attached hydrogens (tertiary/aromatic N) is 1. The Morgan fingerprint density at radius 1 is 1.15 bits per heavy atom. The van der Waals surface area contributed by atoms with Gasteiger partial charge >= 0.3 is 0 Å². The number of rotatable bonds is 7. The third-order valence-electron chi connectivity index (χ3n) is 4.00. The summed E-state index contributed by atoms with van der Waals surface area (Å²) in [5.41, 5.74) is 3.06. The summed E-state index contributed by atoms with van der Waals surface area (Å²) in [6, 6.07) is 17.8. The van der Waals surface area contributed by atoms with Crippen molar-refractivity contribution in [1.82, 2.24) is 10.3 Å². The van der Waals surface area contributed by atoms with Gasteiger partial charge in [0.05, 0.1) is 18.2 Å². The second kappa shape index (κ2) is 8.63. The Kier molecular flexibility index (Phi) is 6.02. The van der Waals surface area contributed by atoms with E-state index in [-0.39, 0.29) is 18.4 Å². The number of aryl methyl sites for hydroxylation is 1. The van der Waals surface area contributed by atoms with Gasteiger partial charge < -0.3 is 10.1 Å². The minimum atomic E-state index is -0.0299. The SMILES string of the molecule is Cc1ccc(OCc2nc(CC(=O)NC(C)c3ccccc3)cs2)cc1. The predicted molar refractivity (Wildman–Crippen MR) is 104 cm³/mol. The fourth-order valence-electron chi connectivity index (χ4n) is 2.56. The summed E-state index contributed by atoms with van der Waals surface area (Å²) in [5.74, 6) is 0.791. The zero-order valence-corrected chi connectivity index (χ0v) is 15.8. The number of hydrogen-bond acceptors (Lipinski definition) is 4. The molecule has 0 aliphatic rings. The van der Waals surface area contributed by atoms with Crippen LogP contribution in [0.1, 0.15) is 34.8 Å². The number of carbonyl (C=O) groups is 1. The standard InChI is InChI=1S/C21H22N2O2S/c1-15-8-10-19(11-9-15)25-13-21-23-18(14-26-21)12-20(24)22-16(2)17-6-4-3-5-7-17/h3-11,14,16H,12-13H2,1-2H3,(H,22,24). The monoisotopic (exact) mass is 366 g/mol. The molecule has 0 spiro atoms. The van der Waals surface area contributed by atoms with E-state index in [1.54, 1.807) is 0 Å². The fourth-order valence-corrected chi connectivity index (χ4v) is 3.26. The highest BCUT2D eigenvalue weighted by atomic mass is 32.1. The number of hydrogen-bond donors (Lipinski definition) is 1. The van der Waals surface area contributed by atoms with Crippen molar-refractivity contribution in [2.24, 2.45) is 0 Å². The van der Waals surface area contributed by atoms with Gasteiger partial charge in [0, 0.05) is 5.38 Å². The average Bonchev–Trinajstić information content (AvgIpc) is 3.09. The van der Waals surface area contributed by atoms with Crippen molar-refractivity contribution in [3.63, 3.8) is 0 Å². The van der Waals surface area contributed by atoms with Crippen molar-refractivity contribution in [3.05, 3.63) is 81.8 Å². The normalized spacial score (nSPS) is 11.8. The molecule has 3 rings (SSSR count). The number of benzene rings is 2. The maximum Gasteiger partial charge on any atom is 0.226 e. The van der Waals surface area contributed by atoms with E-state index in [1.165, 1.54) is 16.9 Å². The molecule has 0 saturated carbocycles. The summed E-state index contributed by atoms with van der Waals surface area (Å²) in [5, 5.41) is 5.79. The molecule has 3 aromatic rings. The Labute approximate surface area is 157 Å². The maximum atomic E-state index is 12.2. The van der Waals surface area contributed by atoms with Gasteiger partial charge in [-0.1, -0.05) is 48.0 Å². The van der Waals surface area contributed by atoms with Crippen molar-refractivity contribution in [2.75, 3.05) is 0 Å². The van der Waals surface area contributed by atoms with Crippen LogP contribution in [0, 0.1) is 6.92 Å². The number of ether oxygens (including phenoxy) is 1. The van der Waals surface area contributed by atoms with E-state index in [9.17, 15) is 4.79 Å². The summed E-state index contributed by atoms with van der Waals surface area (Å²) in [7, 11) is 0. The summed E-state index contributed by atoms with van der Waals surface area (Å²) in [6.45, 7) is 4.44. The van der Waals surface area contributed by atoms with Crippen molar-refractivity contribution < 1.29 is 9.53 Å². The minimum Gasteiger partial charge on any atom is -0.486 e. The van der Waals surface area contributed by atoms with Gasteiger partial charge in [0.15, 0.2) is 0 Å². The highest BCUT2D eigenvalue weighted by molar-refractivity contribution is 7.09. The highest BCUT2D eigenvalue weighted by Crippen LogP contribution is 2.17. The number of thiazole rings is 1. The van der Waals surface area contributed by atoms with E-state index >= 15 is 0 Å². The molecule has 0 aliphatic heterocycles. The molecule has 1 N–H and O–H groups in total. The van der Waals surface area contributed by atoms with E-state index in [0.29, 0.717) is 6.61 Å². The van der Waals surface area contributed by atoms with Crippen LogP contribution in [0.3, 0.4) is 0 Å². The average molecular weight is 366 g/mol. The molecule has 1 atom stereocenters. The van der Waals surface area contributed by atoms with Crippen LogP contribution in [0.2, 0.25) is 0 Å². The molecule has 1 unspecified atom stereocenters. The second-order valence-electron chi connectivity index (χ2n) is 6.21. The lowest BCUT2D eigenvalue weighted by molar-refractivity contribution is -0.121. The van der Waals surface area contributed by atoms with Crippen LogP contribution >= 0.6 is 11.3 Å².